The van der Waals surface area contributed by atoms with E-state index < -0.39 is 0 Å². The van der Waals surface area contributed by atoms with Gasteiger partial charge in [-0.05, 0) is 17.2 Å². The van der Waals surface area contributed by atoms with Crippen LogP contribution in [-0.2, 0) is 6.54 Å². The van der Waals surface area contributed by atoms with Crippen molar-refractivity contribution in [1.29, 1.82) is 0 Å². The van der Waals surface area contributed by atoms with E-state index >= 15 is 0 Å². The van der Waals surface area contributed by atoms with Gasteiger partial charge >= 0.3 is 0 Å². The average Bonchev–Trinajstić information content (AvgIpc) is 2.30. The molecule has 2 aromatic carbocycles. The van der Waals surface area contributed by atoms with Crippen LogP contribution in [0.3, 0.4) is 0 Å². The van der Waals surface area contributed by atoms with Crippen molar-refractivity contribution in [3.63, 3.8) is 0 Å². The highest BCUT2D eigenvalue weighted by atomic mass is 19.1. The van der Waals surface area contributed by atoms with E-state index in [-0.39, 0.29) is 12.4 Å². The maximum atomic E-state index is 13.5. The lowest BCUT2D eigenvalue weighted by Crippen LogP contribution is -1.99. The maximum Gasteiger partial charge on any atom is 0.128 e. The van der Waals surface area contributed by atoms with Gasteiger partial charge in [0.05, 0.1) is 0 Å². The van der Waals surface area contributed by atoms with Crippen molar-refractivity contribution >= 4 is 0 Å². The average molecular weight is 201 g/mol. The van der Waals surface area contributed by atoms with Gasteiger partial charge < -0.3 is 5.73 Å². The summed E-state index contributed by atoms with van der Waals surface area (Å²) in [5.41, 5.74) is 7.84. The molecule has 0 bridgehead atoms. The Kier molecular flexibility index (Phi) is 2.79. The van der Waals surface area contributed by atoms with Crippen LogP contribution in [0.25, 0.3) is 11.1 Å². The number of hydrogen-bond donors (Lipinski definition) is 1. The minimum absolute atomic E-state index is 0.237. The maximum absolute atomic E-state index is 13.5. The van der Waals surface area contributed by atoms with E-state index in [9.17, 15) is 4.39 Å². The molecule has 15 heavy (non-hydrogen) atoms. The highest BCUT2D eigenvalue weighted by molar-refractivity contribution is 5.63. The van der Waals surface area contributed by atoms with Crippen molar-refractivity contribution in [2.75, 3.05) is 0 Å². The Labute approximate surface area is 88.4 Å². The van der Waals surface area contributed by atoms with Crippen LogP contribution in [-0.4, -0.2) is 0 Å². The Hall–Kier alpha value is -1.67. The van der Waals surface area contributed by atoms with E-state index in [1.54, 1.807) is 6.07 Å². The van der Waals surface area contributed by atoms with Crippen molar-refractivity contribution in [3.05, 3.63) is 59.9 Å². The highest BCUT2D eigenvalue weighted by Gasteiger charge is 2.02. The zero-order valence-electron chi connectivity index (χ0n) is 8.28. The molecule has 0 spiro atoms. The van der Waals surface area contributed by atoms with Crippen molar-refractivity contribution in [2.45, 2.75) is 6.54 Å². The molecule has 0 aliphatic carbocycles. The summed E-state index contributed by atoms with van der Waals surface area (Å²) in [6.07, 6.45) is 0. The number of benzene rings is 2. The molecule has 0 atom stereocenters. The van der Waals surface area contributed by atoms with Gasteiger partial charge in [0.1, 0.15) is 5.82 Å². The zero-order valence-corrected chi connectivity index (χ0v) is 8.28. The molecule has 0 radical (unpaired) electrons. The number of halogens is 1. The molecule has 2 aromatic rings. The molecular weight excluding hydrogens is 189 g/mol. The van der Waals surface area contributed by atoms with Crippen molar-refractivity contribution in [3.8, 4) is 11.1 Å². The fraction of sp³-hybridized carbons (Fsp3) is 0.0769. The standard InChI is InChI=1S/C13H12FN/c14-13-8-11(6-7-12(13)9-15)10-4-2-1-3-5-10/h1-8H,9,15H2. The molecule has 0 fully saturated rings. The predicted octanol–water partition coefficient (Wildman–Crippen LogP) is 2.95. The van der Waals surface area contributed by atoms with Crippen LogP contribution in [0.4, 0.5) is 4.39 Å². The molecule has 0 aromatic heterocycles. The van der Waals surface area contributed by atoms with Gasteiger partial charge in [0.25, 0.3) is 0 Å². The Morgan fingerprint density at radius 1 is 0.933 bits per heavy atom. The molecule has 2 heteroatoms. The fourth-order valence-corrected chi connectivity index (χ4v) is 1.52. The number of hydrogen-bond acceptors (Lipinski definition) is 1. The summed E-state index contributed by atoms with van der Waals surface area (Å²) in [7, 11) is 0. The van der Waals surface area contributed by atoms with Crippen molar-refractivity contribution in [2.24, 2.45) is 5.73 Å². The largest absolute Gasteiger partial charge is 0.326 e. The summed E-state index contributed by atoms with van der Waals surface area (Å²) >= 11 is 0. The number of nitrogens with two attached hydrogens (primary N) is 1. The molecule has 2 rings (SSSR count). The lowest BCUT2D eigenvalue weighted by Gasteiger charge is -2.04. The lowest BCUT2D eigenvalue weighted by molar-refractivity contribution is 0.611. The molecule has 0 unspecified atom stereocenters. The van der Waals surface area contributed by atoms with E-state index in [1.807, 2.05) is 36.4 Å². The van der Waals surface area contributed by atoms with E-state index in [0.29, 0.717) is 5.56 Å². The van der Waals surface area contributed by atoms with Crippen molar-refractivity contribution < 1.29 is 4.39 Å². The molecule has 0 aliphatic heterocycles. The third-order valence-corrected chi connectivity index (χ3v) is 2.38. The fourth-order valence-electron chi connectivity index (χ4n) is 1.52. The molecular formula is C13H12FN. The monoisotopic (exact) mass is 201 g/mol. The van der Waals surface area contributed by atoms with Gasteiger partial charge in [-0.1, -0.05) is 42.5 Å². The molecule has 2 N–H and O–H groups in total. The van der Waals surface area contributed by atoms with Crippen LogP contribution in [0, 0.1) is 5.82 Å². The quantitative estimate of drug-likeness (QED) is 0.794. The highest BCUT2D eigenvalue weighted by Crippen LogP contribution is 2.21. The first-order valence-electron chi connectivity index (χ1n) is 4.85. The van der Waals surface area contributed by atoms with Gasteiger partial charge in [0.2, 0.25) is 0 Å². The van der Waals surface area contributed by atoms with E-state index in [1.165, 1.54) is 6.07 Å². The normalized spacial score (nSPS) is 10.3. The van der Waals surface area contributed by atoms with Crippen LogP contribution in [0.15, 0.2) is 48.5 Å². The lowest BCUT2D eigenvalue weighted by atomic mass is 10.0. The molecule has 0 aliphatic rings. The minimum Gasteiger partial charge on any atom is -0.326 e. The van der Waals surface area contributed by atoms with Crippen LogP contribution in [0.1, 0.15) is 5.56 Å². The molecule has 0 amide bonds. The Morgan fingerprint density at radius 2 is 1.67 bits per heavy atom. The Morgan fingerprint density at radius 3 is 2.27 bits per heavy atom. The van der Waals surface area contributed by atoms with Crippen LogP contribution in [0.2, 0.25) is 0 Å². The zero-order chi connectivity index (χ0) is 10.7. The van der Waals surface area contributed by atoms with Gasteiger partial charge in [-0.2, -0.15) is 0 Å². The van der Waals surface area contributed by atoms with Crippen LogP contribution >= 0.6 is 0 Å². The topological polar surface area (TPSA) is 26.0 Å². The second kappa shape index (κ2) is 4.24. The first-order valence-corrected chi connectivity index (χ1v) is 4.85. The molecule has 1 nitrogen and oxygen atoms in total. The van der Waals surface area contributed by atoms with Crippen molar-refractivity contribution in [1.82, 2.24) is 0 Å². The third-order valence-electron chi connectivity index (χ3n) is 2.38. The number of rotatable bonds is 2. The molecule has 0 saturated heterocycles. The summed E-state index contributed by atoms with van der Waals surface area (Å²) in [4.78, 5) is 0. The Balaban J connectivity index is 2.43. The summed E-state index contributed by atoms with van der Waals surface area (Å²) in [5, 5.41) is 0. The molecule has 0 heterocycles. The van der Waals surface area contributed by atoms with Crippen LogP contribution < -0.4 is 5.73 Å². The first-order chi connectivity index (χ1) is 7.31. The second-order valence-electron chi connectivity index (χ2n) is 3.38. The smallest absolute Gasteiger partial charge is 0.128 e. The third kappa shape index (κ3) is 2.05. The summed E-state index contributed by atoms with van der Waals surface area (Å²) in [6.45, 7) is 0.237. The minimum atomic E-state index is -0.237. The second-order valence-corrected chi connectivity index (χ2v) is 3.38. The summed E-state index contributed by atoms with van der Waals surface area (Å²) in [5.74, 6) is -0.237. The molecule has 76 valence electrons. The summed E-state index contributed by atoms with van der Waals surface area (Å²) < 4.78 is 13.5. The van der Waals surface area contributed by atoms with Gasteiger partial charge in [-0.15, -0.1) is 0 Å². The summed E-state index contributed by atoms with van der Waals surface area (Å²) in [6, 6.07) is 14.9. The van der Waals surface area contributed by atoms with Gasteiger partial charge in [0.15, 0.2) is 0 Å². The Bertz CT molecular complexity index is 451. The SMILES string of the molecule is NCc1ccc(-c2ccccc2)cc1F. The van der Waals surface area contributed by atoms with E-state index in [4.69, 9.17) is 5.73 Å². The predicted molar refractivity (Wildman–Crippen MR) is 59.7 cm³/mol. The van der Waals surface area contributed by atoms with Crippen LogP contribution in [0.5, 0.6) is 0 Å². The van der Waals surface area contributed by atoms with E-state index in [2.05, 4.69) is 0 Å². The first kappa shape index (κ1) is 9.87. The van der Waals surface area contributed by atoms with Gasteiger partial charge in [-0.25, -0.2) is 4.39 Å². The van der Waals surface area contributed by atoms with Gasteiger partial charge in [-0.3, -0.25) is 0 Å². The van der Waals surface area contributed by atoms with Gasteiger partial charge in [0, 0.05) is 12.1 Å². The molecule has 0 saturated carbocycles. The van der Waals surface area contributed by atoms with E-state index in [0.717, 1.165) is 11.1 Å².